The second-order valence-electron chi connectivity index (χ2n) is 5.23. The minimum Gasteiger partial charge on any atom is -0.352 e. The van der Waals surface area contributed by atoms with E-state index in [9.17, 15) is 9.59 Å². The molecule has 0 spiro atoms. The number of nitrogens with one attached hydrogen (secondary N) is 2. The van der Waals surface area contributed by atoms with Crippen molar-refractivity contribution in [2.45, 2.75) is 26.8 Å². The molecular weight excluding hydrogens is 296 g/mol. The monoisotopic (exact) mass is 316 g/mol. The average molecular weight is 316 g/mol. The van der Waals surface area contributed by atoms with Crippen molar-refractivity contribution in [1.82, 2.24) is 10.6 Å². The number of hydrogen-bond donors (Lipinski definition) is 2. The summed E-state index contributed by atoms with van der Waals surface area (Å²) < 4.78 is 0. The van der Waals surface area contributed by atoms with Gasteiger partial charge in [-0.2, -0.15) is 0 Å². The zero-order valence-electron chi connectivity index (χ0n) is 13.0. The second kappa shape index (κ2) is 7.22. The Morgan fingerprint density at radius 2 is 1.73 bits per heavy atom. The highest BCUT2D eigenvalue weighted by atomic mass is 32.1. The van der Waals surface area contributed by atoms with Crippen LogP contribution in [-0.4, -0.2) is 24.4 Å². The van der Waals surface area contributed by atoms with Crippen LogP contribution in [0.5, 0.6) is 0 Å². The lowest BCUT2D eigenvalue weighted by atomic mass is 10.1. The van der Waals surface area contributed by atoms with Gasteiger partial charge in [-0.15, -0.1) is 11.3 Å². The van der Waals surface area contributed by atoms with Crippen molar-refractivity contribution in [2.75, 3.05) is 6.54 Å². The maximum atomic E-state index is 12.0. The molecule has 5 heteroatoms. The predicted octanol–water partition coefficient (Wildman–Crippen LogP) is 3.30. The van der Waals surface area contributed by atoms with Gasteiger partial charge in [0.2, 0.25) is 0 Å². The van der Waals surface area contributed by atoms with Crippen molar-refractivity contribution < 1.29 is 9.59 Å². The van der Waals surface area contributed by atoms with Crippen LogP contribution < -0.4 is 10.6 Å². The minimum atomic E-state index is -0.0720. The van der Waals surface area contributed by atoms with Crippen molar-refractivity contribution in [3.05, 3.63) is 46.8 Å². The highest BCUT2D eigenvalue weighted by Crippen LogP contribution is 2.28. The van der Waals surface area contributed by atoms with E-state index in [-0.39, 0.29) is 17.9 Å². The number of thiophene rings is 1. The first kappa shape index (κ1) is 16.2. The smallest absolute Gasteiger partial charge is 0.261 e. The molecule has 0 atom stereocenters. The summed E-state index contributed by atoms with van der Waals surface area (Å²) in [6.07, 6.45) is 0. The molecule has 2 amide bonds. The zero-order valence-corrected chi connectivity index (χ0v) is 13.8. The van der Waals surface area contributed by atoms with Gasteiger partial charge in [-0.25, -0.2) is 0 Å². The summed E-state index contributed by atoms with van der Waals surface area (Å²) in [6.45, 7) is 6.38. The lowest BCUT2D eigenvalue weighted by Crippen LogP contribution is -2.29. The quantitative estimate of drug-likeness (QED) is 0.889. The average Bonchev–Trinajstić information content (AvgIpc) is 2.97. The first-order valence-electron chi connectivity index (χ1n) is 7.30. The SMILES string of the molecule is CCNC(=O)c1ccc(-c2ccc(C(=O)NC(C)C)s2)cc1. The van der Waals surface area contributed by atoms with Crippen LogP contribution in [0.3, 0.4) is 0 Å². The van der Waals surface area contributed by atoms with Crippen LogP contribution in [-0.2, 0) is 0 Å². The van der Waals surface area contributed by atoms with E-state index in [2.05, 4.69) is 10.6 Å². The summed E-state index contributed by atoms with van der Waals surface area (Å²) in [5, 5.41) is 5.65. The van der Waals surface area contributed by atoms with E-state index < -0.39 is 0 Å². The van der Waals surface area contributed by atoms with Crippen LogP contribution in [0.4, 0.5) is 0 Å². The highest BCUT2D eigenvalue weighted by molar-refractivity contribution is 7.17. The third kappa shape index (κ3) is 3.95. The summed E-state index contributed by atoms with van der Waals surface area (Å²) in [4.78, 5) is 25.4. The first-order valence-corrected chi connectivity index (χ1v) is 8.12. The fraction of sp³-hybridized carbons (Fsp3) is 0.294. The van der Waals surface area contributed by atoms with Gasteiger partial charge in [0.25, 0.3) is 11.8 Å². The number of hydrogen-bond acceptors (Lipinski definition) is 3. The van der Waals surface area contributed by atoms with E-state index in [0.29, 0.717) is 17.0 Å². The molecule has 0 radical (unpaired) electrons. The minimum absolute atomic E-state index is 0.0507. The van der Waals surface area contributed by atoms with Crippen molar-refractivity contribution in [1.29, 1.82) is 0 Å². The van der Waals surface area contributed by atoms with Gasteiger partial charge in [0.05, 0.1) is 4.88 Å². The summed E-state index contributed by atoms with van der Waals surface area (Å²) >= 11 is 1.45. The molecule has 1 aromatic carbocycles. The van der Waals surface area contributed by atoms with Gasteiger partial charge in [0.15, 0.2) is 0 Å². The Balaban J connectivity index is 2.14. The molecule has 0 bridgehead atoms. The Hall–Kier alpha value is -2.14. The number of amides is 2. The lowest BCUT2D eigenvalue weighted by molar-refractivity contribution is 0.0942. The molecule has 0 saturated carbocycles. The summed E-state index contributed by atoms with van der Waals surface area (Å²) in [6, 6.07) is 11.3. The number of carbonyl (C=O) groups excluding carboxylic acids is 2. The lowest BCUT2D eigenvalue weighted by Gasteiger charge is -2.06. The molecule has 2 rings (SSSR count). The van der Waals surface area contributed by atoms with Gasteiger partial charge >= 0.3 is 0 Å². The number of benzene rings is 1. The van der Waals surface area contributed by atoms with Crippen molar-refractivity contribution in [3.63, 3.8) is 0 Å². The van der Waals surface area contributed by atoms with Crippen LogP contribution >= 0.6 is 11.3 Å². The third-order valence-corrected chi connectivity index (χ3v) is 4.15. The van der Waals surface area contributed by atoms with Gasteiger partial charge in [-0.3, -0.25) is 9.59 Å². The molecule has 0 aliphatic carbocycles. The van der Waals surface area contributed by atoms with E-state index in [4.69, 9.17) is 0 Å². The molecule has 116 valence electrons. The van der Waals surface area contributed by atoms with Crippen LogP contribution in [0.25, 0.3) is 10.4 Å². The number of rotatable bonds is 5. The molecule has 0 saturated heterocycles. The Kier molecular flexibility index (Phi) is 5.33. The van der Waals surface area contributed by atoms with E-state index in [1.807, 2.05) is 45.0 Å². The molecule has 0 fully saturated rings. The fourth-order valence-corrected chi connectivity index (χ4v) is 2.91. The number of carbonyl (C=O) groups is 2. The summed E-state index contributed by atoms with van der Waals surface area (Å²) in [5.41, 5.74) is 1.64. The van der Waals surface area contributed by atoms with Crippen molar-refractivity contribution in [2.24, 2.45) is 0 Å². The first-order chi connectivity index (χ1) is 10.5. The molecule has 1 aromatic heterocycles. The summed E-state index contributed by atoms with van der Waals surface area (Å²) in [7, 11) is 0. The summed E-state index contributed by atoms with van der Waals surface area (Å²) in [5.74, 6) is -0.123. The Labute approximate surface area is 134 Å². The molecule has 4 nitrogen and oxygen atoms in total. The maximum Gasteiger partial charge on any atom is 0.261 e. The van der Waals surface area contributed by atoms with Crippen LogP contribution in [0.2, 0.25) is 0 Å². The van der Waals surface area contributed by atoms with Gasteiger partial charge in [0, 0.05) is 23.0 Å². The zero-order chi connectivity index (χ0) is 16.1. The Morgan fingerprint density at radius 1 is 1.05 bits per heavy atom. The maximum absolute atomic E-state index is 12.0. The second-order valence-corrected chi connectivity index (χ2v) is 6.31. The van der Waals surface area contributed by atoms with E-state index in [0.717, 1.165) is 10.4 Å². The highest BCUT2D eigenvalue weighted by Gasteiger charge is 2.11. The standard InChI is InChI=1S/C17H20N2O2S/c1-4-18-16(20)13-7-5-12(6-8-13)14-9-10-15(22-14)17(21)19-11(2)3/h5-11H,4H2,1-3H3,(H,18,20)(H,19,21). The van der Waals surface area contributed by atoms with Crippen LogP contribution in [0, 0.1) is 0 Å². The van der Waals surface area contributed by atoms with Gasteiger partial charge in [-0.1, -0.05) is 12.1 Å². The molecule has 22 heavy (non-hydrogen) atoms. The normalized spacial score (nSPS) is 10.5. The molecule has 1 heterocycles. The molecule has 0 unspecified atom stereocenters. The van der Waals surface area contributed by atoms with Crippen molar-refractivity contribution in [3.8, 4) is 10.4 Å². The van der Waals surface area contributed by atoms with Crippen molar-refractivity contribution >= 4 is 23.2 Å². The molecule has 0 aliphatic rings. The molecule has 0 aliphatic heterocycles. The molecule has 2 N–H and O–H groups in total. The van der Waals surface area contributed by atoms with Gasteiger partial charge in [-0.05, 0) is 50.6 Å². The predicted molar refractivity (Wildman–Crippen MR) is 90.4 cm³/mol. The molecular formula is C17H20N2O2S. The van der Waals surface area contributed by atoms with E-state index in [1.165, 1.54) is 11.3 Å². The largest absolute Gasteiger partial charge is 0.352 e. The molecule has 2 aromatic rings. The Morgan fingerprint density at radius 3 is 2.32 bits per heavy atom. The van der Waals surface area contributed by atoms with Gasteiger partial charge in [0.1, 0.15) is 0 Å². The van der Waals surface area contributed by atoms with E-state index >= 15 is 0 Å². The Bertz CT molecular complexity index is 660. The van der Waals surface area contributed by atoms with E-state index in [1.54, 1.807) is 12.1 Å². The fourth-order valence-electron chi connectivity index (χ4n) is 2.00. The van der Waals surface area contributed by atoms with Crippen LogP contribution in [0.15, 0.2) is 36.4 Å². The topological polar surface area (TPSA) is 58.2 Å². The van der Waals surface area contributed by atoms with Crippen LogP contribution in [0.1, 0.15) is 40.8 Å². The van der Waals surface area contributed by atoms with Gasteiger partial charge < -0.3 is 10.6 Å². The third-order valence-electron chi connectivity index (χ3n) is 3.02.